The molecule has 0 radical (unpaired) electrons. The molecule has 0 atom stereocenters. The molecule has 0 aliphatic carbocycles. The number of benzene rings is 2. The molecule has 0 aliphatic heterocycles. The molecule has 0 saturated carbocycles. The minimum absolute atomic E-state index is 0.199. The predicted octanol–water partition coefficient (Wildman–Crippen LogP) is 3.58. The molecule has 11 heteroatoms. The van der Waals surface area contributed by atoms with E-state index >= 15 is 0 Å². The van der Waals surface area contributed by atoms with E-state index in [0.29, 0.717) is 27.0 Å². The molecule has 31 heavy (non-hydrogen) atoms. The van der Waals surface area contributed by atoms with Gasteiger partial charge >= 0.3 is 0 Å². The lowest BCUT2D eigenvalue weighted by atomic mass is 10.1. The van der Waals surface area contributed by atoms with Crippen LogP contribution in [0.15, 0.2) is 58.1 Å². The van der Waals surface area contributed by atoms with Crippen LogP contribution in [0.2, 0.25) is 5.15 Å². The molecule has 162 valence electrons. The molecule has 0 saturated heterocycles. The zero-order valence-electron chi connectivity index (χ0n) is 16.5. The van der Waals surface area contributed by atoms with Crippen molar-refractivity contribution in [3.8, 4) is 5.75 Å². The quantitative estimate of drug-likeness (QED) is 0.289. The number of para-hydroxylation sites is 1. The predicted molar refractivity (Wildman–Crippen MR) is 125 cm³/mol. The maximum Gasteiger partial charge on any atom is 0.260 e. The molecule has 3 aromatic rings. The number of amides is 1. The van der Waals surface area contributed by atoms with Gasteiger partial charge in [0.2, 0.25) is 10.0 Å². The fraction of sp³-hybridized carbons (Fsp3) is 0.150. The lowest BCUT2D eigenvalue weighted by molar-refractivity contribution is -0.119. The van der Waals surface area contributed by atoms with Crippen molar-refractivity contribution in [3.63, 3.8) is 0 Å². The largest absolute Gasteiger partial charge is 0.497 e. The van der Waals surface area contributed by atoms with Crippen molar-refractivity contribution in [2.45, 2.75) is 0 Å². The molecule has 0 unspecified atom stereocenters. The smallest absolute Gasteiger partial charge is 0.260 e. The van der Waals surface area contributed by atoms with Crippen LogP contribution in [-0.4, -0.2) is 45.4 Å². The van der Waals surface area contributed by atoms with E-state index < -0.39 is 22.5 Å². The Morgan fingerprint density at radius 1 is 1.29 bits per heavy atom. The molecule has 1 amide bonds. The lowest BCUT2D eigenvalue weighted by Gasteiger charge is -2.22. The van der Waals surface area contributed by atoms with Gasteiger partial charge in [0.15, 0.2) is 0 Å². The van der Waals surface area contributed by atoms with Gasteiger partial charge in [0.1, 0.15) is 17.4 Å². The second-order valence-electron chi connectivity index (χ2n) is 6.44. The lowest BCUT2D eigenvalue weighted by Crippen LogP contribution is -2.39. The third kappa shape index (κ3) is 5.72. The minimum atomic E-state index is -3.70. The van der Waals surface area contributed by atoms with E-state index in [1.165, 1.54) is 6.21 Å². The summed E-state index contributed by atoms with van der Waals surface area (Å²) in [6, 6.07) is 13.9. The third-order valence-corrected chi connectivity index (χ3v) is 6.31. The molecule has 3 rings (SSSR count). The number of methoxy groups -OCH3 is 1. The number of anilines is 1. The van der Waals surface area contributed by atoms with Crippen molar-refractivity contribution < 1.29 is 17.9 Å². The number of halogens is 2. The molecule has 0 bridgehead atoms. The number of aromatic nitrogens is 1. The topological polar surface area (TPSA) is 101 Å². The monoisotopic (exact) mass is 524 g/mol. The van der Waals surface area contributed by atoms with E-state index in [1.807, 2.05) is 6.07 Å². The first kappa shape index (κ1) is 23.0. The first-order valence-corrected chi connectivity index (χ1v) is 11.9. The summed E-state index contributed by atoms with van der Waals surface area (Å²) >= 11 is 9.51. The summed E-state index contributed by atoms with van der Waals surface area (Å²) < 4.78 is 31.1. The second-order valence-corrected chi connectivity index (χ2v) is 9.56. The Labute approximate surface area is 193 Å². The number of pyridine rings is 1. The van der Waals surface area contributed by atoms with Gasteiger partial charge in [0.05, 0.1) is 30.8 Å². The van der Waals surface area contributed by atoms with E-state index in [0.717, 1.165) is 15.9 Å². The number of nitrogens with one attached hydrogen (secondary N) is 1. The van der Waals surface area contributed by atoms with Crippen LogP contribution in [0.5, 0.6) is 5.75 Å². The van der Waals surface area contributed by atoms with Gasteiger partial charge in [-0.25, -0.2) is 18.8 Å². The number of rotatable bonds is 7. The van der Waals surface area contributed by atoms with Crippen LogP contribution in [0.25, 0.3) is 10.9 Å². The highest BCUT2D eigenvalue weighted by Crippen LogP contribution is 2.27. The number of ether oxygens (including phenoxy) is 1. The Balaban J connectivity index is 1.75. The number of hydrogen-bond acceptors (Lipinski definition) is 6. The van der Waals surface area contributed by atoms with E-state index in [1.54, 1.807) is 49.6 Å². The Morgan fingerprint density at radius 2 is 2.03 bits per heavy atom. The summed E-state index contributed by atoms with van der Waals surface area (Å²) in [5, 5.41) is 4.90. The van der Waals surface area contributed by atoms with Crippen molar-refractivity contribution in [2.75, 3.05) is 24.2 Å². The zero-order valence-corrected chi connectivity index (χ0v) is 19.7. The van der Waals surface area contributed by atoms with Gasteiger partial charge < -0.3 is 4.74 Å². The van der Waals surface area contributed by atoms with Gasteiger partial charge in [-0.05, 0) is 46.3 Å². The molecule has 2 aromatic carbocycles. The zero-order chi connectivity index (χ0) is 22.6. The summed E-state index contributed by atoms with van der Waals surface area (Å²) in [7, 11) is -2.14. The van der Waals surface area contributed by atoms with Gasteiger partial charge in [0, 0.05) is 21.5 Å². The fourth-order valence-electron chi connectivity index (χ4n) is 2.73. The molecular formula is C20H18BrClN4O4S. The highest BCUT2D eigenvalue weighted by atomic mass is 79.9. The van der Waals surface area contributed by atoms with E-state index in [-0.39, 0.29) is 5.15 Å². The van der Waals surface area contributed by atoms with Crippen LogP contribution in [0.3, 0.4) is 0 Å². The van der Waals surface area contributed by atoms with Crippen molar-refractivity contribution in [3.05, 3.63) is 63.7 Å². The summed E-state index contributed by atoms with van der Waals surface area (Å²) in [5.41, 5.74) is 3.81. The van der Waals surface area contributed by atoms with Gasteiger partial charge in [-0.3, -0.25) is 9.10 Å². The fourth-order valence-corrected chi connectivity index (χ4v) is 4.41. The van der Waals surface area contributed by atoms with Crippen LogP contribution >= 0.6 is 27.5 Å². The Hall–Kier alpha value is -2.69. The second kappa shape index (κ2) is 9.63. The number of hydrogen-bond donors (Lipinski definition) is 1. The third-order valence-electron chi connectivity index (χ3n) is 4.21. The number of carbonyl (C=O) groups is 1. The van der Waals surface area contributed by atoms with E-state index in [2.05, 4.69) is 31.4 Å². The van der Waals surface area contributed by atoms with Crippen molar-refractivity contribution >= 4 is 66.3 Å². The van der Waals surface area contributed by atoms with Crippen molar-refractivity contribution in [1.29, 1.82) is 0 Å². The average molecular weight is 526 g/mol. The average Bonchev–Trinajstić information content (AvgIpc) is 2.72. The number of carbonyl (C=O) groups excluding carboxylic acids is 1. The van der Waals surface area contributed by atoms with E-state index in [9.17, 15) is 13.2 Å². The molecular weight excluding hydrogens is 508 g/mol. The van der Waals surface area contributed by atoms with Crippen LogP contribution in [0, 0.1) is 0 Å². The summed E-state index contributed by atoms with van der Waals surface area (Å²) in [6.45, 7) is -0.442. The normalized spacial score (nSPS) is 11.6. The molecule has 0 aliphatic rings. The maximum absolute atomic E-state index is 12.3. The number of fused-ring (bicyclic) bond motifs is 1. The SMILES string of the molecule is COc1ccc2cc(/C=N\NC(=O)CN(c3ccccc3Br)S(C)(=O)=O)c(Cl)nc2c1. The van der Waals surface area contributed by atoms with Crippen LogP contribution < -0.4 is 14.5 Å². The van der Waals surface area contributed by atoms with Gasteiger partial charge in [-0.2, -0.15) is 5.10 Å². The Morgan fingerprint density at radius 3 is 2.71 bits per heavy atom. The van der Waals surface area contributed by atoms with E-state index in [4.69, 9.17) is 16.3 Å². The van der Waals surface area contributed by atoms with Crippen LogP contribution in [0.4, 0.5) is 5.69 Å². The number of hydrazone groups is 1. The summed E-state index contributed by atoms with van der Waals surface area (Å²) in [6.07, 6.45) is 2.37. The van der Waals surface area contributed by atoms with Gasteiger partial charge in [-0.1, -0.05) is 23.7 Å². The summed E-state index contributed by atoms with van der Waals surface area (Å²) in [5.74, 6) is 0.0391. The number of nitrogens with zero attached hydrogens (tertiary/aromatic N) is 3. The van der Waals surface area contributed by atoms with Gasteiger partial charge in [0.25, 0.3) is 5.91 Å². The highest BCUT2D eigenvalue weighted by molar-refractivity contribution is 9.10. The Kier molecular flexibility index (Phi) is 7.14. The molecule has 1 aromatic heterocycles. The van der Waals surface area contributed by atoms with Crippen molar-refractivity contribution in [2.24, 2.45) is 5.10 Å². The Bertz CT molecular complexity index is 1270. The van der Waals surface area contributed by atoms with Crippen LogP contribution in [0.1, 0.15) is 5.56 Å². The highest BCUT2D eigenvalue weighted by Gasteiger charge is 2.22. The van der Waals surface area contributed by atoms with Crippen LogP contribution in [-0.2, 0) is 14.8 Å². The standard InChI is InChI=1S/C20H18BrClN4O4S/c1-30-15-8-7-13-9-14(20(22)24-17(13)10-15)11-23-25-19(27)12-26(31(2,28)29)18-6-4-3-5-16(18)21/h3-11H,12H2,1-2H3,(H,25,27)/b23-11-. The first-order valence-electron chi connectivity index (χ1n) is 8.87. The first-order chi connectivity index (χ1) is 14.7. The molecule has 8 nitrogen and oxygen atoms in total. The molecule has 1 N–H and O–H groups in total. The molecule has 0 fully saturated rings. The van der Waals surface area contributed by atoms with Crippen molar-refractivity contribution in [1.82, 2.24) is 10.4 Å². The molecule has 0 spiro atoms. The number of sulfonamides is 1. The van der Waals surface area contributed by atoms with Gasteiger partial charge in [-0.15, -0.1) is 0 Å². The minimum Gasteiger partial charge on any atom is -0.497 e. The summed E-state index contributed by atoms with van der Waals surface area (Å²) in [4.78, 5) is 16.6. The maximum atomic E-state index is 12.3. The molecule has 1 heterocycles.